The molecule has 370 valence electrons. The molecule has 4 aliphatic rings. The molecule has 0 radical (unpaired) electrons. The molecule has 0 unspecified atom stereocenters. The monoisotopic (exact) mass is 971 g/mol. The molecule has 74 heavy (non-hydrogen) atoms. The summed E-state index contributed by atoms with van der Waals surface area (Å²) < 4.78 is 24.8. The topological polar surface area (TPSA) is 47.6 Å². The number of nitrogens with zero attached hydrogens (tertiary/aromatic N) is 2. The number of fused-ring (bicyclic) bond motifs is 20. The van der Waals surface area contributed by atoms with Gasteiger partial charge in [-0.1, -0.05) is 133 Å². The van der Waals surface area contributed by atoms with Gasteiger partial charge in [-0.15, -0.1) is 0 Å². The number of anilines is 2. The highest BCUT2D eigenvalue weighted by Gasteiger charge is 2.50. The Kier molecular flexibility index (Phi) is 8.35. The Labute approximate surface area is 435 Å². The quantitative estimate of drug-likeness (QED) is 0.154. The smallest absolute Gasteiger partial charge is 0.376 e. The van der Waals surface area contributed by atoms with Gasteiger partial charge in [-0.25, -0.2) is 0 Å². The van der Waals surface area contributed by atoms with Crippen molar-refractivity contribution in [3.8, 4) is 16.8 Å². The summed E-state index contributed by atoms with van der Waals surface area (Å²) in [6.07, 6.45) is 4.56. The van der Waals surface area contributed by atoms with Gasteiger partial charge in [0.1, 0.15) is 33.6 Å². The number of benzene rings is 7. The van der Waals surface area contributed by atoms with Crippen LogP contribution in [0.5, 0.6) is 0 Å². The van der Waals surface area contributed by atoms with Crippen LogP contribution >= 0.6 is 0 Å². The molecule has 4 aromatic heterocycles. The molecule has 6 heteroatoms. The van der Waals surface area contributed by atoms with Crippen molar-refractivity contribution in [2.24, 2.45) is 0 Å². The second-order valence-corrected chi connectivity index (χ2v) is 27.8. The van der Waals surface area contributed by atoms with E-state index in [1.54, 1.807) is 0 Å². The predicted molar refractivity (Wildman–Crippen MR) is 312 cm³/mol. The van der Waals surface area contributed by atoms with Crippen LogP contribution in [-0.4, -0.2) is 11.4 Å². The third-order valence-corrected chi connectivity index (χ3v) is 19.2. The Morgan fingerprint density at radius 2 is 1.05 bits per heavy atom. The van der Waals surface area contributed by atoms with Crippen LogP contribution in [0.15, 0.2) is 116 Å². The van der Waals surface area contributed by atoms with Crippen molar-refractivity contribution in [3.63, 3.8) is 0 Å². The first-order valence-electron chi connectivity index (χ1n) is 27.4. The van der Waals surface area contributed by atoms with Crippen molar-refractivity contribution in [1.29, 1.82) is 0 Å². The molecule has 0 N–H and O–H groups in total. The molecule has 0 amide bonds. The highest BCUT2D eigenvalue weighted by Crippen LogP contribution is 2.56. The maximum atomic E-state index is 7.59. The van der Waals surface area contributed by atoms with Crippen LogP contribution in [0.1, 0.15) is 156 Å². The lowest BCUT2D eigenvalue weighted by molar-refractivity contribution is 0.332. The molecule has 0 saturated heterocycles. The number of furan rings is 3. The average Bonchev–Trinajstić information content (AvgIpc) is 4.13. The summed E-state index contributed by atoms with van der Waals surface area (Å²) in [6, 6.07) is 39.9. The highest BCUT2D eigenvalue weighted by atomic mass is 16.3. The zero-order chi connectivity index (χ0) is 51.3. The molecule has 5 nitrogen and oxygen atoms in total. The summed E-state index contributed by atoms with van der Waals surface area (Å²) in [4.78, 5) is 2.60. The molecular formula is C68H67BN2O3. The third kappa shape index (κ3) is 5.73. The van der Waals surface area contributed by atoms with Gasteiger partial charge in [0.2, 0.25) is 0 Å². The fourth-order valence-electron chi connectivity index (χ4n) is 14.5. The Morgan fingerprint density at radius 1 is 0.486 bits per heavy atom. The Hall–Kier alpha value is -6.66. The van der Waals surface area contributed by atoms with E-state index in [1.165, 1.54) is 77.2 Å². The molecule has 11 aromatic rings. The fraction of sp³-hybridized carbons (Fsp3) is 0.353. The molecule has 0 bridgehead atoms. The number of hydrogen-bond donors (Lipinski definition) is 0. The van der Waals surface area contributed by atoms with E-state index in [9.17, 15) is 0 Å². The van der Waals surface area contributed by atoms with Crippen LogP contribution in [0.2, 0.25) is 0 Å². The summed E-state index contributed by atoms with van der Waals surface area (Å²) in [7, 11) is 0. The second kappa shape index (κ2) is 13.8. The van der Waals surface area contributed by atoms with Gasteiger partial charge in [-0.2, -0.15) is 0 Å². The maximum absolute atomic E-state index is 7.59. The van der Waals surface area contributed by atoms with Crippen molar-refractivity contribution >= 4 is 106 Å². The van der Waals surface area contributed by atoms with Crippen molar-refractivity contribution in [1.82, 2.24) is 4.57 Å². The third-order valence-electron chi connectivity index (χ3n) is 19.2. The first-order valence-corrected chi connectivity index (χ1v) is 27.4. The van der Waals surface area contributed by atoms with E-state index in [2.05, 4.69) is 209 Å². The minimum Gasteiger partial charge on any atom is -0.466 e. The van der Waals surface area contributed by atoms with Gasteiger partial charge < -0.3 is 22.6 Å². The summed E-state index contributed by atoms with van der Waals surface area (Å²) in [5.41, 5.74) is 23.3. The molecule has 2 aliphatic heterocycles. The predicted octanol–water partition coefficient (Wildman–Crippen LogP) is 17.9. The van der Waals surface area contributed by atoms with E-state index in [0.717, 1.165) is 97.9 Å². The molecule has 0 spiro atoms. The molecule has 2 aliphatic carbocycles. The van der Waals surface area contributed by atoms with E-state index in [-0.39, 0.29) is 39.3 Å². The second-order valence-electron chi connectivity index (χ2n) is 27.8. The Bertz CT molecular complexity index is 4340. The fourth-order valence-corrected chi connectivity index (χ4v) is 14.5. The molecule has 7 aromatic carbocycles. The zero-order valence-corrected chi connectivity index (χ0v) is 45.8. The normalized spacial score (nSPS) is 18.3. The van der Waals surface area contributed by atoms with E-state index in [4.69, 9.17) is 13.3 Å². The van der Waals surface area contributed by atoms with Gasteiger partial charge >= 0.3 is 6.85 Å². The first kappa shape index (κ1) is 44.8. The molecular weight excluding hydrogens is 904 g/mol. The Balaban J connectivity index is 1.17. The van der Waals surface area contributed by atoms with Gasteiger partial charge in [0, 0.05) is 55.3 Å². The average molecular weight is 971 g/mol. The van der Waals surface area contributed by atoms with Crippen LogP contribution in [0.25, 0.3) is 93.5 Å². The van der Waals surface area contributed by atoms with Crippen LogP contribution in [0, 0.1) is 0 Å². The SMILES string of the molecule is CC(C)(C)c1ccc(N2B3c4oc5ccc(C(C)(C)C)cc5c4-n4c5cc6c(cc5c5c7oc8ccccc8c7c(c3c54)-c3cc4c(cc32)oc2cc3c(cc24)C(C)(C)CCC3(C)C)C(C)(C)CCC6(C)C)cc1. The van der Waals surface area contributed by atoms with E-state index >= 15 is 0 Å². The molecule has 0 fully saturated rings. The summed E-state index contributed by atoms with van der Waals surface area (Å²) in [5.74, 6) is 0. The van der Waals surface area contributed by atoms with Gasteiger partial charge in [-0.3, -0.25) is 0 Å². The highest BCUT2D eigenvalue weighted by molar-refractivity contribution is 6.93. The summed E-state index contributed by atoms with van der Waals surface area (Å²) in [6.45, 7) is 33.0. The van der Waals surface area contributed by atoms with Crippen molar-refractivity contribution in [3.05, 3.63) is 137 Å². The molecule has 0 saturated carbocycles. The van der Waals surface area contributed by atoms with Crippen LogP contribution in [0.4, 0.5) is 11.4 Å². The molecule has 0 atom stereocenters. The van der Waals surface area contributed by atoms with Gasteiger partial charge in [0.15, 0.2) is 0 Å². The lowest BCUT2D eigenvalue weighted by Gasteiger charge is -2.42. The summed E-state index contributed by atoms with van der Waals surface area (Å²) >= 11 is 0. The van der Waals surface area contributed by atoms with Crippen molar-refractivity contribution in [2.45, 2.75) is 155 Å². The van der Waals surface area contributed by atoms with Gasteiger partial charge in [0.25, 0.3) is 0 Å². The molecule has 15 rings (SSSR count). The minimum atomic E-state index is -0.339. The number of aromatic nitrogens is 1. The van der Waals surface area contributed by atoms with E-state index in [1.807, 2.05) is 0 Å². The minimum absolute atomic E-state index is 0.000298. The lowest BCUT2D eigenvalue weighted by atomic mass is 9.46. The van der Waals surface area contributed by atoms with Crippen molar-refractivity contribution in [2.75, 3.05) is 4.81 Å². The van der Waals surface area contributed by atoms with Crippen LogP contribution in [0.3, 0.4) is 0 Å². The van der Waals surface area contributed by atoms with E-state index in [0.29, 0.717) is 0 Å². The maximum Gasteiger partial charge on any atom is 0.376 e. The standard InChI is InChI=1S/C68H67BN2O3/c1-63(2,3)36-19-22-38(23-20-36)71-50-35-54-40(41-31-45-48(34-53(41)72-54)68(13,14)28-26-65(45,7)8)30-42(50)55-56-39-17-15-16-18-51(39)73-61(56)57-43-32-46-47(67(11,12)27-25-66(46,9)10)33-49(43)70-59-44-29-37(64(4,5)6)21-24-52(44)74-62(59)69(71)58(55)60(57)70/h15-24,29-35H,25-28H2,1-14H3. The van der Waals surface area contributed by atoms with Crippen LogP contribution < -0.4 is 15.9 Å². The van der Waals surface area contributed by atoms with Gasteiger partial charge in [-0.05, 0) is 163 Å². The van der Waals surface area contributed by atoms with Crippen molar-refractivity contribution < 1.29 is 13.3 Å². The number of para-hydroxylation sites is 1. The lowest BCUT2D eigenvalue weighted by Crippen LogP contribution is -2.60. The van der Waals surface area contributed by atoms with Crippen LogP contribution in [-0.2, 0) is 32.5 Å². The zero-order valence-electron chi connectivity index (χ0n) is 45.8. The van der Waals surface area contributed by atoms with E-state index < -0.39 is 0 Å². The number of hydrogen-bond acceptors (Lipinski definition) is 4. The van der Waals surface area contributed by atoms with Gasteiger partial charge in [0.05, 0.1) is 22.1 Å². The number of rotatable bonds is 1. The largest absolute Gasteiger partial charge is 0.466 e. The first-order chi connectivity index (χ1) is 34.9. The Morgan fingerprint density at radius 3 is 1.72 bits per heavy atom. The summed E-state index contributed by atoms with van der Waals surface area (Å²) in [5, 5.41) is 8.17. The molecule has 6 heterocycles.